The van der Waals surface area contributed by atoms with E-state index in [2.05, 4.69) is 10.0 Å². The fraction of sp³-hybridized carbons (Fsp3) is 0.500. The molecule has 0 saturated carbocycles. The van der Waals surface area contributed by atoms with E-state index in [1.54, 1.807) is 23.9 Å². The molecule has 1 unspecified atom stereocenters. The zero-order chi connectivity index (χ0) is 13.6. The quantitative estimate of drug-likeness (QED) is 0.797. The summed E-state index contributed by atoms with van der Waals surface area (Å²) in [7, 11) is -1.54. The van der Waals surface area contributed by atoms with E-state index in [4.69, 9.17) is 0 Å². The molecule has 0 saturated heterocycles. The Morgan fingerprint density at radius 3 is 2.39 bits per heavy atom. The molecule has 0 aromatic heterocycles. The van der Waals surface area contributed by atoms with Gasteiger partial charge in [0.1, 0.15) is 0 Å². The van der Waals surface area contributed by atoms with Gasteiger partial charge in [0, 0.05) is 18.3 Å². The van der Waals surface area contributed by atoms with Crippen LogP contribution in [0.2, 0.25) is 0 Å². The fourth-order valence-corrected chi connectivity index (χ4v) is 3.54. The van der Waals surface area contributed by atoms with Crippen molar-refractivity contribution in [3.8, 4) is 0 Å². The van der Waals surface area contributed by atoms with Crippen molar-refractivity contribution in [2.45, 2.75) is 24.4 Å². The van der Waals surface area contributed by atoms with Crippen LogP contribution in [0.3, 0.4) is 0 Å². The molecule has 0 aliphatic carbocycles. The Hall–Kier alpha value is -0.560. The van der Waals surface area contributed by atoms with Gasteiger partial charge in [0.05, 0.1) is 4.90 Å². The fourth-order valence-electron chi connectivity index (χ4n) is 1.61. The maximum Gasteiger partial charge on any atom is 0.240 e. The van der Waals surface area contributed by atoms with Gasteiger partial charge in [-0.05, 0) is 37.9 Å². The molecule has 0 heterocycles. The highest BCUT2D eigenvalue weighted by Crippen LogP contribution is 2.11. The van der Waals surface area contributed by atoms with Crippen LogP contribution in [0.5, 0.6) is 0 Å². The molecule has 1 atom stereocenters. The normalized spacial score (nSPS) is 13.5. The lowest BCUT2D eigenvalue weighted by molar-refractivity contribution is 0.571. The molecule has 1 rings (SSSR count). The Labute approximate surface area is 114 Å². The van der Waals surface area contributed by atoms with Gasteiger partial charge < -0.3 is 5.32 Å². The highest BCUT2D eigenvalue weighted by molar-refractivity contribution is 7.98. The first-order valence-electron chi connectivity index (χ1n) is 5.74. The molecule has 0 radical (unpaired) electrons. The smallest absolute Gasteiger partial charge is 0.240 e. The van der Waals surface area contributed by atoms with Crippen molar-refractivity contribution in [3.63, 3.8) is 0 Å². The van der Waals surface area contributed by atoms with E-state index in [0.717, 1.165) is 17.9 Å². The molecule has 102 valence electrons. The molecule has 0 fully saturated rings. The summed E-state index contributed by atoms with van der Waals surface area (Å²) >= 11 is 1.62. The van der Waals surface area contributed by atoms with Gasteiger partial charge in [-0.1, -0.05) is 12.1 Å². The highest BCUT2D eigenvalue weighted by Gasteiger charge is 2.16. The van der Waals surface area contributed by atoms with Crippen LogP contribution in [0.25, 0.3) is 0 Å². The number of hydrogen-bond donors (Lipinski definition) is 2. The van der Waals surface area contributed by atoms with E-state index >= 15 is 0 Å². The van der Waals surface area contributed by atoms with Crippen molar-refractivity contribution in [1.29, 1.82) is 0 Å². The summed E-state index contributed by atoms with van der Waals surface area (Å²) in [6, 6.07) is 6.86. The van der Waals surface area contributed by atoms with Gasteiger partial charge in [0.2, 0.25) is 10.0 Å². The monoisotopic (exact) mass is 288 g/mol. The van der Waals surface area contributed by atoms with Gasteiger partial charge >= 0.3 is 0 Å². The molecule has 0 aliphatic rings. The number of rotatable bonds is 7. The van der Waals surface area contributed by atoms with Crippen LogP contribution in [0.15, 0.2) is 29.2 Å². The summed E-state index contributed by atoms with van der Waals surface area (Å²) in [5.41, 5.74) is 1.06. The Morgan fingerprint density at radius 1 is 1.28 bits per heavy atom. The molecular weight excluding hydrogens is 268 g/mol. The van der Waals surface area contributed by atoms with Crippen molar-refractivity contribution in [2.75, 3.05) is 19.1 Å². The van der Waals surface area contributed by atoms with Gasteiger partial charge in [-0.3, -0.25) is 0 Å². The van der Waals surface area contributed by atoms with Crippen LogP contribution in [0.4, 0.5) is 0 Å². The molecule has 2 N–H and O–H groups in total. The van der Waals surface area contributed by atoms with Gasteiger partial charge in [0.25, 0.3) is 0 Å². The molecule has 0 aliphatic heterocycles. The van der Waals surface area contributed by atoms with E-state index in [-0.39, 0.29) is 6.04 Å². The van der Waals surface area contributed by atoms with Gasteiger partial charge in [-0.15, -0.1) is 0 Å². The third kappa shape index (κ3) is 4.61. The summed E-state index contributed by atoms with van der Waals surface area (Å²) in [6.45, 7) is 2.60. The minimum atomic E-state index is -3.40. The SMILES string of the molecule is CNCc1ccc(S(=O)(=O)NC(C)CSC)cc1. The number of nitrogens with one attached hydrogen (secondary N) is 2. The summed E-state index contributed by atoms with van der Waals surface area (Å²) in [5.74, 6) is 0.761. The van der Waals surface area contributed by atoms with Crippen LogP contribution in [-0.4, -0.2) is 33.5 Å². The molecule has 1 aromatic carbocycles. The largest absolute Gasteiger partial charge is 0.316 e. The minimum Gasteiger partial charge on any atom is -0.316 e. The Balaban J connectivity index is 2.78. The average molecular weight is 288 g/mol. The lowest BCUT2D eigenvalue weighted by atomic mass is 10.2. The van der Waals surface area contributed by atoms with Crippen molar-refractivity contribution in [3.05, 3.63) is 29.8 Å². The molecule has 6 heteroatoms. The predicted octanol–water partition coefficient (Wildman–Crippen LogP) is 1.44. The average Bonchev–Trinajstić information content (AvgIpc) is 2.29. The molecule has 0 bridgehead atoms. The first kappa shape index (κ1) is 15.5. The lowest BCUT2D eigenvalue weighted by Crippen LogP contribution is -2.34. The first-order chi connectivity index (χ1) is 8.49. The van der Waals surface area contributed by atoms with Crippen molar-refractivity contribution in [2.24, 2.45) is 0 Å². The standard InChI is InChI=1S/C12H20N2O2S2/c1-10(9-17-3)14-18(15,16)12-6-4-11(5-7-12)8-13-2/h4-7,10,13-14H,8-9H2,1-3H3. The summed E-state index contributed by atoms with van der Waals surface area (Å²) < 4.78 is 26.8. The Bertz CT molecular complexity index is 457. The second-order valence-electron chi connectivity index (χ2n) is 4.15. The minimum absolute atomic E-state index is 0.0676. The highest BCUT2D eigenvalue weighted by atomic mass is 32.2. The van der Waals surface area contributed by atoms with Crippen molar-refractivity contribution >= 4 is 21.8 Å². The summed E-state index contributed by atoms with van der Waals surface area (Å²) in [5, 5.41) is 3.02. The maximum atomic E-state index is 12.1. The van der Waals surface area contributed by atoms with E-state index < -0.39 is 10.0 Å². The number of hydrogen-bond acceptors (Lipinski definition) is 4. The number of sulfonamides is 1. The predicted molar refractivity (Wildman–Crippen MR) is 77.4 cm³/mol. The van der Waals surface area contributed by atoms with Crippen LogP contribution >= 0.6 is 11.8 Å². The maximum absolute atomic E-state index is 12.1. The van der Waals surface area contributed by atoms with E-state index in [9.17, 15) is 8.42 Å². The molecule has 4 nitrogen and oxygen atoms in total. The van der Waals surface area contributed by atoms with Gasteiger partial charge in [-0.2, -0.15) is 11.8 Å². The van der Waals surface area contributed by atoms with Gasteiger partial charge in [0.15, 0.2) is 0 Å². The molecular formula is C12H20N2O2S2. The Kier molecular flexibility index (Phi) is 6.14. The van der Waals surface area contributed by atoms with Gasteiger partial charge in [-0.25, -0.2) is 13.1 Å². The van der Waals surface area contributed by atoms with Crippen LogP contribution in [-0.2, 0) is 16.6 Å². The lowest BCUT2D eigenvalue weighted by Gasteiger charge is -2.13. The zero-order valence-electron chi connectivity index (χ0n) is 10.9. The Morgan fingerprint density at radius 2 is 1.89 bits per heavy atom. The topological polar surface area (TPSA) is 58.2 Å². The van der Waals surface area contributed by atoms with Crippen molar-refractivity contribution in [1.82, 2.24) is 10.0 Å². The van der Waals surface area contributed by atoms with E-state index in [1.807, 2.05) is 32.4 Å². The first-order valence-corrected chi connectivity index (χ1v) is 8.62. The molecule has 1 aromatic rings. The zero-order valence-corrected chi connectivity index (χ0v) is 12.6. The third-order valence-corrected chi connectivity index (χ3v) is 4.83. The third-order valence-electron chi connectivity index (χ3n) is 2.39. The van der Waals surface area contributed by atoms with Crippen molar-refractivity contribution < 1.29 is 8.42 Å². The number of thioether (sulfide) groups is 1. The summed E-state index contributed by atoms with van der Waals surface area (Å²) in [4.78, 5) is 0.315. The number of benzene rings is 1. The van der Waals surface area contributed by atoms with Crippen LogP contribution in [0, 0.1) is 0 Å². The molecule has 18 heavy (non-hydrogen) atoms. The van der Waals surface area contributed by atoms with E-state index in [1.165, 1.54) is 0 Å². The van der Waals surface area contributed by atoms with Crippen LogP contribution < -0.4 is 10.0 Å². The molecule has 0 spiro atoms. The second-order valence-corrected chi connectivity index (χ2v) is 6.78. The second kappa shape index (κ2) is 7.13. The van der Waals surface area contributed by atoms with Crippen LogP contribution in [0.1, 0.15) is 12.5 Å². The molecule has 0 amide bonds. The van der Waals surface area contributed by atoms with E-state index in [0.29, 0.717) is 4.90 Å². The summed E-state index contributed by atoms with van der Waals surface area (Å²) in [6.07, 6.45) is 1.96.